The molecule has 1 aromatic heterocycles. The number of anilines is 1. The van der Waals surface area contributed by atoms with Crippen LogP contribution in [0.25, 0.3) is 0 Å². The second kappa shape index (κ2) is 5.46. The van der Waals surface area contributed by atoms with Crippen LogP contribution in [0.15, 0.2) is 35.1 Å². The molecule has 2 aromatic rings. The predicted octanol–water partition coefficient (Wildman–Crippen LogP) is 3.45. The van der Waals surface area contributed by atoms with Crippen LogP contribution in [0.3, 0.4) is 0 Å². The van der Waals surface area contributed by atoms with Crippen LogP contribution in [0.4, 0.5) is 5.69 Å². The minimum absolute atomic E-state index is 0.224. The van der Waals surface area contributed by atoms with Gasteiger partial charge in [0.1, 0.15) is 10.8 Å². The number of hydrogen-bond donors (Lipinski definition) is 1. The van der Waals surface area contributed by atoms with Crippen LogP contribution in [0.2, 0.25) is 5.15 Å². The van der Waals surface area contributed by atoms with Gasteiger partial charge in [-0.25, -0.2) is 9.97 Å². The monoisotopic (exact) mass is 325 g/mol. The molecule has 0 unspecified atom stereocenters. The van der Waals surface area contributed by atoms with Crippen LogP contribution in [-0.4, -0.2) is 15.9 Å². The van der Waals surface area contributed by atoms with Gasteiger partial charge in [-0.3, -0.25) is 4.79 Å². The molecular formula is C12H9BrClN3O. The lowest BCUT2D eigenvalue weighted by atomic mass is 10.2. The van der Waals surface area contributed by atoms with Gasteiger partial charge >= 0.3 is 0 Å². The molecule has 0 saturated heterocycles. The van der Waals surface area contributed by atoms with E-state index < -0.39 is 0 Å². The molecule has 0 aliphatic rings. The first-order valence-electron chi connectivity index (χ1n) is 5.11. The molecular weight excluding hydrogens is 318 g/mol. The van der Waals surface area contributed by atoms with Crippen molar-refractivity contribution in [2.45, 2.75) is 6.92 Å². The molecule has 0 radical (unpaired) electrons. The van der Waals surface area contributed by atoms with E-state index in [4.69, 9.17) is 11.6 Å². The van der Waals surface area contributed by atoms with Gasteiger partial charge in [-0.1, -0.05) is 27.5 Å². The van der Waals surface area contributed by atoms with E-state index in [2.05, 4.69) is 31.2 Å². The summed E-state index contributed by atoms with van der Waals surface area (Å²) in [4.78, 5) is 19.6. The maximum atomic E-state index is 11.9. The number of nitrogens with zero attached hydrogens (tertiary/aromatic N) is 2. The van der Waals surface area contributed by atoms with Crippen molar-refractivity contribution in [3.05, 3.63) is 51.5 Å². The third-order valence-corrected chi connectivity index (χ3v) is 2.98. The number of benzene rings is 1. The highest BCUT2D eigenvalue weighted by atomic mass is 79.9. The molecule has 1 N–H and O–H groups in total. The highest BCUT2D eigenvalue weighted by Gasteiger charge is 2.09. The Morgan fingerprint density at radius 1 is 1.33 bits per heavy atom. The third-order valence-electron chi connectivity index (χ3n) is 2.29. The minimum Gasteiger partial charge on any atom is -0.320 e. The lowest BCUT2D eigenvalue weighted by Crippen LogP contribution is -2.14. The quantitative estimate of drug-likeness (QED) is 0.919. The molecule has 1 aromatic carbocycles. The fraction of sp³-hybridized carbons (Fsp3) is 0.0833. The first-order valence-corrected chi connectivity index (χ1v) is 6.28. The Balaban J connectivity index is 2.18. The predicted molar refractivity (Wildman–Crippen MR) is 73.9 cm³/mol. The average molecular weight is 327 g/mol. The molecule has 2 rings (SSSR count). The molecule has 4 nitrogen and oxygen atoms in total. The molecule has 0 spiro atoms. The summed E-state index contributed by atoms with van der Waals surface area (Å²) in [5, 5.41) is 3.02. The first-order chi connectivity index (χ1) is 8.56. The van der Waals surface area contributed by atoms with Crippen molar-refractivity contribution in [2.24, 2.45) is 0 Å². The molecule has 0 aliphatic heterocycles. The number of carbonyl (C=O) groups is 1. The second-order valence-corrected chi connectivity index (χ2v) is 4.94. The van der Waals surface area contributed by atoms with Crippen LogP contribution in [0.1, 0.15) is 16.1 Å². The average Bonchev–Trinajstić information content (AvgIpc) is 2.33. The van der Waals surface area contributed by atoms with Gasteiger partial charge in [0.05, 0.1) is 12.4 Å². The fourth-order valence-corrected chi connectivity index (χ4v) is 1.96. The van der Waals surface area contributed by atoms with Crippen molar-refractivity contribution in [2.75, 3.05) is 5.32 Å². The summed E-state index contributed by atoms with van der Waals surface area (Å²) in [7, 11) is 0. The Morgan fingerprint density at radius 2 is 2.11 bits per heavy atom. The number of aromatic nitrogens is 2. The van der Waals surface area contributed by atoms with E-state index in [0.29, 0.717) is 0 Å². The van der Waals surface area contributed by atoms with E-state index in [1.54, 1.807) is 0 Å². The van der Waals surface area contributed by atoms with Gasteiger partial charge in [0, 0.05) is 10.2 Å². The molecule has 0 fully saturated rings. The summed E-state index contributed by atoms with van der Waals surface area (Å²) < 4.78 is 0.962. The zero-order chi connectivity index (χ0) is 13.1. The van der Waals surface area contributed by atoms with Gasteiger partial charge in [0.15, 0.2) is 0 Å². The van der Waals surface area contributed by atoms with E-state index in [0.717, 1.165) is 15.7 Å². The summed E-state index contributed by atoms with van der Waals surface area (Å²) in [6.45, 7) is 1.91. The largest absolute Gasteiger partial charge is 0.320 e. The van der Waals surface area contributed by atoms with Crippen molar-refractivity contribution in [1.82, 2.24) is 9.97 Å². The van der Waals surface area contributed by atoms with Crippen LogP contribution < -0.4 is 5.32 Å². The Kier molecular flexibility index (Phi) is 3.93. The van der Waals surface area contributed by atoms with Crippen molar-refractivity contribution in [1.29, 1.82) is 0 Å². The lowest BCUT2D eigenvalue weighted by molar-refractivity contribution is 0.102. The molecule has 0 bridgehead atoms. The number of rotatable bonds is 2. The van der Waals surface area contributed by atoms with Gasteiger partial charge in [-0.05, 0) is 30.7 Å². The molecule has 1 amide bonds. The third kappa shape index (κ3) is 3.05. The maximum Gasteiger partial charge on any atom is 0.275 e. The van der Waals surface area contributed by atoms with Gasteiger partial charge < -0.3 is 5.32 Å². The van der Waals surface area contributed by atoms with Crippen molar-refractivity contribution in [3.8, 4) is 0 Å². The number of carbonyl (C=O) groups excluding carboxylic acids is 1. The number of aryl methyl sites for hydroxylation is 1. The smallest absolute Gasteiger partial charge is 0.275 e. The number of hydrogen-bond acceptors (Lipinski definition) is 3. The standard InChI is InChI=1S/C12H9BrClN3O/c1-7-4-8(13)2-3-9(7)17-12(18)10-5-16-11(14)6-15-10/h2-6H,1H3,(H,17,18). The van der Waals surface area contributed by atoms with E-state index in [-0.39, 0.29) is 16.8 Å². The fourth-order valence-electron chi connectivity index (χ4n) is 1.38. The summed E-state index contributed by atoms with van der Waals surface area (Å²) >= 11 is 8.97. The molecule has 0 atom stereocenters. The molecule has 0 saturated carbocycles. The first kappa shape index (κ1) is 13.0. The highest BCUT2D eigenvalue weighted by molar-refractivity contribution is 9.10. The van der Waals surface area contributed by atoms with Gasteiger partial charge in [-0.15, -0.1) is 0 Å². The number of nitrogens with one attached hydrogen (secondary N) is 1. The van der Waals surface area contributed by atoms with E-state index in [1.807, 2.05) is 25.1 Å². The van der Waals surface area contributed by atoms with Crippen LogP contribution in [0, 0.1) is 6.92 Å². The Morgan fingerprint density at radius 3 is 2.72 bits per heavy atom. The van der Waals surface area contributed by atoms with Crippen molar-refractivity contribution in [3.63, 3.8) is 0 Å². The topological polar surface area (TPSA) is 54.9 Å². The molecule has 6 heteroatoms. The van der Waals surface area contributed by atoms with Gasteiger partial charge in [0.2, 0.25) is 0 Å². The Bertz CT molecular complexity index is 586. The number of halogens is 2. The minimum atomic E-state index is -0.315. The normalized spacial score (nSPS) is 10.2. The Hall–Kier alpha value is -1.46. The van der Waals surface area contributed by atoms with Crippen LogP contribution in [-0.2, 0) is 0 Å². The van der Waals surface area contributed by atoms with Gasteiger partial charge in [0.25, 0.3) is 5.91 Å². The van der Waals surface area contributed by atoms with E-state index in [9.17, 15) is 4.79 Å². The summed E-state index contributed by atoms with van der Waals surface area (Å²) in [5.74, 6) is -0.315. The van der Waals surface area contributed by atoms with Gasteiger partial charge in [-0.2, -0.15) is 0 Å². The highest BCUT2D eigenvalue weighted by Crippen LogP contribution is 2.20. The maximum absolute atomic E-state index is 11.9. The zero-order valence-corrected chi connectivity index (χ0v) is 11.8. The molecule has 92 valence electrons. The van der Waals surface area contributed by atoms with Crippen molar-refractivity contribution >= 4 is 39.1 Å². The molecule has 18 heavy (non-hydrogen) atoms. The lowest BCUT2D eigenvalue weighted by Gasteiger charge is -2.08. The van der Waals surface area contributed by atoms with Crippen LogP contribution in [0.5, 0.6) is 0 Å². The second-order valence-electron chi connectivity index (χ2n) is 3.64. The molecule has 0 aliphatic carbocycles. The summed E-state index contributed by atoms with van der Waals surface area (Å²) in [6.07, 6.45) is 2.68. The number of amides is 1. The van der Waals surface area contributed by atoms with E-state index >= 15 is 0 Å². The SMILES string of the molecule is Cc1cc(Br)ccc1NC(=O)c1cnc(Cl)cn1. The van der Waals surface area contributed by atoms with Crippen LogP contribution >= 0.6 is 27.5 Å². The van der Waals surface area contributed by atoms with E-state index in [1.165, 1.54) is 12.4 Å². The molecule has 1 heterocycles. The Labute approximate surface area is 118 Å². The zero-order valence-electron chi connectivity index (χ0n) is 9.45. The summed E-state index contributed by atoms with van der Waals surface area (Å²) in [5.41, 5.74) is 1.92. The summed E-state index contributed by atoms with van der Waals surface area (Å²) in [6, 6.07) is 5.60. The van der Waals surface area contributed by atoms with Crippen molar-refractivity contribution < 1.29 is 4.79 Å².